The maximum Gasteiger partial charge on any atom is 0.266 e. The number of rotatable bonds is 5. The molecule has 6 heteroatoms. The van der Waals surface area contributed by atoms with Crippen LogP contribution in [0.2, 0.25) is 5.02 Å². The van der Waals surface area contributed by atoms with Crippen molar-refractivity contribution in [2.75, 3.05) is 18.9 Å². The molecule has 3 rings (SSSR count). The van der Waals surface area contributed by atoms with Crippen molar-refractivity contribution in [1.29, 1.82) is 0 Å². The van der Waals surface area contributed by atoms with Crippen molar-refractivity contribution in [2.24, 2.45) is 4.99 Å². The Morgan fingerprint density at radius 2 is 2.07 bits per heavy atom. The SMILES string of the molecule is Cc1ccc(C(C)C)c(OCC(=O)N2CCSC2=Nc2cccc(Cl)c2C)c1. The van der Waals surface area contributed by atoms with E-state index in [-0.39, 0.29) is 12.5 Å². The first-order chi connectivity index (χ1) is 13.4. The van der Waals surface area contributed by atoms with E-state index in [9.17, 15) is 4.79 Å². The third-order valence-corrected chi connectivity index (χ3v) is 6.04. The first-order valence-electron chi connectivity index (χ1n) is 9.37. The third-order valence-electron chi connectivity index (χ3n) is 4.68. The maximum absolute atomic E-state index is 12.8. The van der Waals surface area contributed by atoms with E-state index in [1.165, 1.54) is 0 Å². The quantitative estimate of drug-likeness (QED) is 0.625. The molecule has 0 unspecified atom stereocenters. The Morgan fingerprint density at radius 1 is 1.29 bits per heavy atom. The van der Waals surface area contributed by atoms with Gasteiger partial charge in [0.05, 0.1) is 5.69 Å². The second-order valence-electron chi connectivity index (χ2n) is 7.16. The highest BCUT2D eigenvalue weighted by Gasteiger charge is 2.26. The van der Waals surface area contributed by atoms with Gasteiger partial charge in [0.1, 0.15) is 5.75 Å². The molecule has 1 amide bonds. The fourth-order valence-electron chi connectivity index (χ4n) is 3.01. The summed E-state index contributed by atoms with van der Waals surface area (Å²) in [5.41, 5.74) is 3.92. The second kappa shape index (κ2) is 9.01. The highest BCUT2D eigenvalue weighted by atomic mass is 35.5. The molecule has 1 aliphatic heterocycles. The molecule has 0 aliphatic carbocycles. The molecule has 0 N–H and O–H groups in total. The molecule has 0 spiro atoms. The van der Waals surface area contributed by atoms with Crippen LogP contribution in [0, 0.1) is 13.8 Å². The largest absolute Gasteiger partial charge is 0.483 e. The Balaban J connectivity index is 1.75. The Bertz CT molecular complexity index is 911. The summed E-state index contributed by atoms with van der Waals surface area (Å²) in [7, 11) is 0. The first-order valence-corrected chi connectivity index (χ1v) is 10.7. The molecule has 1 aliphatic rings. The smallest absolute Gasteiger partial charge is 0.266 e. The van der Waals surface area contributed by atoms with Crippen LogP contribution in [0.3, 0.4) is 0 Å². The van der Waals surface area contributed by atoms with Crippen LogP contribution in [0.5, 0.6) is 5.75 Å². The predicted octanol–water partition coefficient (Wildman–Crippen LogP) is 5.72. The average molecular weight is 417 g/mol. The van der Waals surface area contributed by atoms with Gasteiger partial charge in [0, 0.05) is 17.3 Å². The van der Waals surface area contributed by atoms with Crippen molar-refractivity contribution in [1.82, 2.24) is 4.90 Å². The molecule has 0 radical (unpaired) electrons. The zero-order valence-corrected chi connectivity index (χ0v) is 18.2. The standard InChI is InChI=1S/C22H25ClN2O2S/c1-14(2)17-9-8-15(3)12-20(17)27-13-21(26)25-10-11-28-22(25)24-19-7-5-6-18(23)16(19)4/h5-9,12,14H,10-11,13H2,1-4H3. The van der Waals surface area contributed by atoms with Gasteiger partial charge in [-0.3, -0.25) is 9.69 Å². The minimum Gasteiger partial charge on any atom is -0.483 e. The molecule has 2 aromatic rings. The van der Waals surface area contributed by atoms with Crippen LogP contribution in [0.25, 0.3) is 0 Å². The Kier molecular flexibility index (Phi) is 6.68. The number of halogens is 1. The number of nitrogens with zero attached hydrogens (tertiary/aromatic N) is 2. The number of amidine groups is 1. The van der Waals surface area contributed by atoms with E-state index in [4.69, 9.17) is 16.3 Å². The zero-order chi connectivity index (χ0) is 20.3. The Morgan fingerprint density at radius 3 is 2.82 bits per heavy atom. The van der Waals surface area contributed by atoms with Gasteiger partial charge < -0.3 is 4.74 Å². The number of thioether (sulfide) groups is 1. The van der Waals surface area contributed by atoms with Crippen LogP contribution in [0.15, 0.2) is 41.4 Å². The second-order valence-corrected chi connectivity index (χ2v) is 8.63. The molecular weight excluding hydrogens is 392 g/mol. The van der Waals surface area contributed by atoms with Crippen molar-refractivity contribution in [3.63, 3.8) is 0 Å². The number of carbonyl (C=O) groups is 1. The monoisotopic (exact) mass is 416 g/mol. The van der Waals surface area contributed by atoms with Crippen LogP contribution >= 0.6 is 23.4 Å². The van der Waals surface area contributed by atoms with Crippen LogP contribution < -0.4 is 4.74 Å². The van der Waals surface area contributed by atoms with E-state index < -0.39 is 0 Å². The fourth-order valence-corrected chi connectivity index (χ4v) is 4.14. The summed E-state index contributed by atoms with van der Waals surface area (Å²) in [6.07, 6.45) is 0. The van der Waals surface area contributed by atoms with Gasteiger partial charge in [0.15, 0.2) is 11.8 Å². The van der Waals surface area contributed by atoms with Gasteiger partial charge in [0.2, 0.25) is 0 Å². The molecule has 1 saturated heterocycles. The van der Waals surface area contributed by atoms with Gasteiger partial charge in [-0.25, -0.2) is 4.99 Å². The summed E-state index contributed by atoms with van der Waals surface area (Å²) in [5.74, 6) is 1.85. The predicted molar refractivity (Wildman–Crippen MR) is 118 cm³/mol. The number of amides is 1. The number of aliphatic imine (C=N–C) groups is 1. The molecule has 1 heterocycles. The van der Waals surface area contributed by atoms with E-state index in [2.05, 4.69) is 31.0 Å². The fraction of sp³-hybridized carbons (Fsp3) is 0.364. The lowest BCUT2D eigenvalue weighted by atomic mass is 10.0. The summed E-state index contributed by atoms with van der Waals surface area (Å²) in [6.45, 7) is 8.83. The van der Waals surface area contributed by atoms with Crippen molar-refractivity contribution < 1.29 is 9.53 Å². The maximum atomic E-state index is 12.8. The number of hydrogen-bond donors (Lipinski definition) is 0. The van der Waals surface area contributed by atoms with Gasteiger partial charge in [-0.05, 0) is 54.7 Å². The summed E-state index contributed by atoms with van der Waals surface area (Å²) in [5, 5.41) is 1.37. The lowest BCUT2D eigenvalue weighted by Gasteiger charge is -2.19. The van der Waals surface area contributed by atoms with Gasteiger partial charge in [-0.2, -0.15) is 0 Å². The lowest BCUT2D eigenvalue weighted by Crippen LogP contribution is -2.35. The molecule has 1 fully saturated rings. The minimum atomic E-state index is -0.0837. The highest BCUT2D eigenvalue weighted by molar-refractivity contribution is 8.14. The van der Waals surface area contributed by atoms with Crippen LogP contribution in [0.4, 0.5) is 5.69 Å². The highest BCUT2D eigenvalue weighted by Crippen LogP contribution is 2.30. The molecule has 28 heavy (non-hydrogen) atoms. The van der Waals surface area contributed by atoms with Crippen molar-refractivity contribution in [3.8, 4) is 5.75 Å². The molecule has 0 atom stereocenters. The van der Waals surface area contributed by atoms with Gasteiger partial charge in [-0.15, -0.1) is 0 Å². The molecule has 4 nitrogen and oxygen atoms in total. The molecule has 0 saturated carbocycles. The molecule has 2 aromatic carbocycles. The summed E-state index contributed by atoms with van der Waals surface area (Å²) in [4.78, 5) is 19.2. The normalized spacial score (nSPS) is 15.5. The number of carbonyl (C=O) groups excluding carboxylic acids is 1. The lowest BCUT2D eigenvalue weighted by molar-refractivity contribution is -0.129. The van der Waals surface area contributed by atoms with Gasteiger partial charge >= 0.3 is 0 Å². The number of benzene rings is 2. The van der Waals surface area contributed by atoms with Crippen LogP contribution in [0.1, 0.15) is 36.5 Å². The van der Waals surface area contributed by atoms with Gasteiger partial charge in [0.25, 0.3) is 5.91 Å². The third kappa shape index (κ3) is 4.70. The van der Waals surface area contributed by atoms with Crippen molar-refractivity contribution in [2.45, 2.75) is 33.6 Å². The molecule has 0 aromatic heterocycles. The number of aryl methyl sites for hydroxylation is 1. The van der Waals surface area contributed by atoms with E-state index in [0.29, 0.717) is 22.7 Å². The van der Waals surface area contributed by atoms with Gasteiger partial charge in [-0.1, -0.05) is 55.4 Å². The molecule has 0 bridgehead atoms. The van der Waals surface area contributed by atoms with Crippen molar-refractivity contribution >= 4 is 40.1 Å². The summed E-state index contributed by atoms with van der Waals surface area (Å²) in [6, 6.07) is 11.8. The van der Waals surface area contributed by atoms with E-state index in [1.807, 2.05) is 38.1 Å². The number of hydrogen-bond acceptors (Lipinski definition) is 4. The van der Waals surface area contributed by atoms with Crippen LogP contribution in [-0.4, -0.2) is 34.9 Å². The van der Waals surface area contributed by atoms with Crippen LogP contribution in [-0.2, 0) is 4.79 Å². The Labute approximate surface area is 175 Å². The molecular formula is C22H25ClN2O2S. The van der Waals surface area contributed by atoms with E-state index in [1.54, 1.807) is 16.7 Å². The summed E-state index contributed by atoms with van der Waals surface area (Å²) < 4.78 is 5.92. The van der Waals surface area contributed by atoms with E-state index in [0.717, 1.165) is 33.9 Å². The first kappa shape index (κ1) is 20.7. The number of ether oxygens (including phenoxy) is 1. The summed E-state index contributed by atoms with van der Waals surface area (Å²) >= 11 is 7.77. The Hall–Kier alpha value is -1.98. The topological polar surface area (TPSA) is 41.9 Å². The van der Waals surface area contributed by atoms with E-state index >= 15 is 0 Å². The average Bonchev–Trinajstić information content (AvgIpc) is 3.11. The zero-order valence-electron chi connectivity index (χ0n) is 16.7. The molecule has 148 valence electrons. The minimum absolute atomic E-state index is 0.00270. The van der Waals surface area contributed by atoms with Crippen molar-refractivity contribution in [3.05, 3.63) is 58.1 Å².